The van der Waals surface area contributed by atoms with E-state index in [9.17, 15) is 0 Å². The van der Waals surface area contributed by atoms with Gasteiger partial charge >= 0.3 is 251 Å². The first-order valence-electron chi connectivity index (χ1n) is 13.8. The van der Waals surface area contributed by atoms with E-state index in [2.05, 4.69) is 133 Å². The van der Waals surface area contributed by atoms with Gasteiger partial charge in [0.05, 0.1) is 0 Å². The second-order valence-electron chi connectivity index (χ2n) is 9.45. The summed E-state index contributed by atoms with van der Waals surface area (Å²) < 4.78 is 6.90. The summed E-state index contributed by atoms with van der Waals surface area (Å²) in [7, 11) is 1.71. The minimum atomic E-state index is 0.366. The SMILES string of the molecule is COc1ccc(/C(=C(/C=C(\C#Cc2ccccc2)c2ccccc2)CC[Se]c2ccccc2)c2ccccc2)cc1. The third-order valence-corrected chi connectivity index (χ3v) is 8.79. The average molecular weight is 596 g/mol. The fraction of sp³-hybridized carbons (Fsp3) is 0.0769. The van der Waals surface area contributed by atoms with Crippen molar-refractivity contribution in [2.45, 2.75) is 11.7 Å². The number of benzene rings is 5. The van der Waals surface area contributed by atoms with E-state index in [1.807, 2.05) is 30.3 Å². The van der Waals surface area contributed by atoms with Gasteiger partial charge in [-0.3, -0.25) is 0 Å². The molecule has 0 aromatic heterocycles. The maximum absolute atomic E-state index is 5.48. The molecule has 5 aromatic rings. The summed E-state index contributed by atoms with van der Waals surface area (Å²) in [6, 6.07) is 50.6. The molecular weight excluding hydrogens is 563 g/mol. The Balaban J connectivity index is 1.67. The fourth-order valence-electron chi connectivity index (χ4n) is 4.61. The molecule has 0 fully saturated rings. The Hall–Kier alpha value is -4.54. The van der Waals surface area contributed by atoms with Crippen LogP contribution in [-0.2, 0) is 0 Å². The number of hydrogen-bond donors (Lipinski definition) is 0. The van der Waals surface area contributed by atoms with Crippen molar-refractivity contribution in [1.82, 2.24) is 0 Å². The molecule has 0 saturated heterocycles. The quantitative estimate of drug-likeness (QED) is 0.0944. The molecule has 5 aromatic carbocycles. The molecule has 0 radical (unpaired) electrons. The maximum atomic E-state index is 5.48. The van der Waals surface area contributed by atoms with Crippen molar-refractivity contribution in [3.8, 4) is 17.6 Å². The first-order valence-corrected chi connectivity index (χ1v) is 15.8. The Morgan fingerprint density at radius 1 is 0.634 bits per heavy atom. The Morgan fingerprint density at radius 2 is 1.17 bits per heavy atom. The summed E-state index contributed by atoms with van der Waals surface area (Å²) in [5, 5.41) is 1.09. The topological polar surface area (TPSA) is 9.23 Å². The fourth-order valence-corrected chi connectivity index (χ4v) is 6.51. The second kappa shape index (κ2) is 14.7. The van der Waals surface area contributed by atoms with Gasteiger partial charge in [0, 0.05) is 0 Å². The molecule has 2 heteroatoms. The standard InChI is InChI=1S/C39H32OSe/c1-40-37-26-24-34(25-27-37)39(33-18-10-4-11-19-33)36(28-29-41-38-20-12-5-13-21-38)30-35(32-16-8-3-9-17-32)23-22-31-14-6-2-7-15-31/h2-21,24-27,30H,28-29H2,1H3/b35-30+,39-36+. The number of rotatable bonds is 9. The summed E-state index contributed by atoms with van der Waals surface area (Å²) in [6.07, 6.45) is 3.26. The van der Waals surface area contributed by atoms with Crippen molar-refractivity contribution in [2.75, 3.05) is 7.11 Å². The van der Waals surface area contributed by atoms with E-state index < -0.39 is 0 Å². The molecule has 1 nitrogen and oxygen atoms in total. The van der Waals surface area contributed by atoms with E-state index in [0.717, 1.165) is 34.2 Å². The normalized spacial score (nSPS) is 11.7. The van der Waals surface area contributed by atoms with Crippen molar-refractivity contribution < 1.29 is 4.74 Å². The second-order valence-corrected chi connectivity index (χ2v) is 11.9. The zero-order valence-electron chi connectivity index (χ0n) is 23.2. The van der Waals surface area contributed by atoms with Gasteiger partial charge in [0.1, 0.15) is 0 Å². The minimum absolute atomic E-state index is 0.366. The summed E-state index contributed by atoms with van der Waals surface area (Å²) in [5.41, 5.74) is 8.00. The third-order valence-electron chi connectivity index (χ3n) is 6.66. The van der Waals surface area contributed by atoms with E-state index in [0.29, 0.717) is 15.0 Å². The zero-order valence-corrected chi connectivity index (χ0v) is 24.9. The zero-order chi connectivity index (χ0) is 28.1. The van der Waals surface area contributed by atoms with Crippen molar-refractivity contribution in [1.29, 1.82) is 0 Å². The first-order chi connectivity index (χ1) is 20.3. The van der Waals surface area contributed by atoms with E-state index in [-0.39, 0.29) is 0 Å². The number of allylic oxidation sites excluding steroid dienone is 3. The molecular formula is C39H32OSe. The predicted octanol–water partition coefficient (Wildman–Crippen LogP) is 8.47. The van der Waals surface area contributed by atoms with Gasteiger partial charge in [-0.15, -0.1) is 0 Å². The molecule has 41 heavy (non-hydrogen) atoms. The number of methoxy groups -OCH3 is 1. The van der Waals surface area contributed by atoms with Crippen molar-refractivity contribution >= 4 is 30.6 Å². The molecule has 0 spiro atoms. The van der Waals surface area contributed by atoms with Gasteiger partial charge in [0.2, 0.25) is 0 Å². The van der Waals surface area contributed by atoms with Gasteiger partial charge in [-0.25, -0.2) is 0 Å². The van der Waals surface area contributed by atoms with Crippen LogP contribution in [0.5, 0.6) is 5.75 Å². The summed E-state index contributed by atoms with van der Waals surface area (Å²) in [5.74, 6) is 7.79. The van der Waals surface area contributed by atoms with Crippen LogP contribution in [0.3, 0.4) is 0 Å². The molecule has 0 saturated carbocycles. The van der Waals surface area contributed by atoms with E-state index in [1.165, 1.54) is 26.7 Å². The molecule has 0 aliphatic rings. The molecule has 0 aliphatic heterocycles. The van der Waals surface area contributed by atoms with Gasteiger partial charge in [-0.1, -0.05) is 0 Å². The van der Waals surface area contributed by atoms with E-state index in [4.69, 9.17) is 4.74 Å². The van der Waals surface area contributed by atoms with Crippen LogP contribution in [0.4, 0.5) is 0 Å². The van der Waals surface area contributed by atoms with Crippen LogP contribution in [0.1, 0.15) is 28.7 Å². The van der Waals surface area contributed by atoms with E-state index >= 15 is 0 Å². The average Bonchev–Trinajstić information content (AvgIpc) is 3.05. The van der Waals surface area contributed by atoms with Crippen LogP contribution >= 0.6 is 0 Å². The molecule has 0 N–H and O–H groups in total. The number of hydrogen-bond acceptors (Lipinski definition) is 1. The summed E-state index contributed by atoms with van der Waals surface area (Å²) in [4.78, 5) is 0. The van der Waals surface area contributed by atoms with Gasteiger partial charge in [-0.2, -0.15) is 0 Å². The Labute approximate surface area is 250 Å². The van der Waals surface area contributed by atoms with Crippen LogP contribution in [0.25, 0.3) is 11.1 Å². The Morgan fingerprint density at radius 3 is 1.78 bits per heavy atom. The van der Waals surface area contributed by atoms with Gasteiger partial charge in [0.15, 0.2) is 0 Å². The van der Waals surface area contributed by atoms with Gasteiger partial charge in [-0.05, 0) is 0 Å². The molecule has 5 rings (SSSR count). The van der Waals surface area contributed by atoms with Gasteiger partial charge in [0.25, 0.3) is 0 Å². The molecule has 0 heterocycles. The molecule has 0 aliphatic carbocycles. The van der Waals surface area contributed by atoms with Crippen LogP contribution in [0.15, 0.2) is 157 Å². The van der Waals surface area contributed by atoms with Crippen LogP contribution in [0.2, 0.25) is 5.32 Å². The molecule has 0 atom stereocenters. The predicted molar refractivity (Wildman–Crippen MR) is 174 cm³/mol. The molecule has 200 valence electrons. The molecule has 0 bridgehead atoms. The van der Waals surface area contributed by atoms with Crippen molar-refractivity contribution in [3.63, 3.8) is 0 Å². The molecule has 0 unspecified atom stereocenters. The Bertz CT molecular complexity index is 1640. The van der Waals surface area contributed by atoms with E-state index in [1.54, 1.807) is 7.11 Å². The van der Waals surface area contributed by atoms with Crippen molar-refractivity contribution in [2.24, 2.45) is 0 Å². The van der Waals surface area contributed by atoms with Crippen LogP contribution in [-0.4, -0.2) is 22.1 Å². The Kier molecular flexibility index (Phi) is 10.1. The van der Waals surface area contributed by atoms with Crippen molar-refractivity contribution in [3.05, 3.63) is 179 Å². The number of ether oxygens (including phenoxy) is 1. The monoisotopic (exact) mass is 596 g/mol. The van der Waals surface area contributed by atoms with Gasteiger partial charge < -0.3 is 0 Å². The third kappa shape index (κ3) is 8.00. The summed E-state index contributed by atoms with van der Waals surface area (Å²) in [6.45, 7) is 0. The molecule has 0 amide bonds. The first kappa shape index (κ1) is 28.0. The van der Waals surface area contributed by atoms with Crippen LogP contribution < -0.4 is 9.20 Å². The van der Waals surface area contributed by atoms with Crippen LogP contribution in [0, 0.1) is 11.8 Å². The summed E-state index contributed by atoms with van der Waals surface area (Å²) >= 11 is 0.366.